The van der Waals surface area contributed by atoms with E-state index in [-0.39, 0.29) is 10.8 Å². The molecule has 10 heteroatoms. The smallest absolute Gasteiger partial charge is 0.277 e. The van der Waals surface area contributed by atoms with Gasteiger partial charge in [0.05, 0.1) is 23.5 Å². The molecule has 0 fully saturated rings. The van der Waals surface area contributed by atoms with Crippen molar-refractivity contribution in [1.82, 2.24) is 20.2 Å². The minimum Gasteiger partial charge on any atom is -0.496 e. The highest BCUT2D eigenvalue weighted by Gasteiger charge is 2.18. The predicted molar refractivity (Wildman–Crippen MR) is 70.3 cm³/mol. The van der Waals surface area contributed by atoms with Gasteiger partial charge in [-0.05, 0) is 39.3 Å². The van der Waals surface area contributed by atoms with Gasteiger partial charge in [-0.3, -0.25) is 0 Å². The molecule has 8 nitrogen and oxygen atoms in total. The van der Waals surface area contributed by atoms with Gasteiger partial charge >= 0.3 is 0 Å². The Hall–Kier alpha value is -1.68. The maximum Gasteiger partial charge on any atom is 0.277 e. The summed E-state index contributed by atoms with van der Waals surface area (Å²) in [6.45, 7) is 0. The highest BCUT2D eigenvalue weighted by atomic mass is 79.9. The first-order valence-corrected chi connectivity index (χ1v) is 7.30. The summed E-state index contributed by atoms with van der Waals surface area (Å²) in [6, 6.07) is 4.39. The molecule has 1 aromatic carbocycles. The van der Waals surface area contributed by atoms with Gasteiger partial charge in [0.25, 0.3) is 16.0 Å². The molecule has 0 aliphatic heterocycles. The zero-order valence-corrected chi connectivity index (χ0v) is 12.4. The number of methoxy groups -OCH3 is 1. The number of tetrazole rings is 1. The van der Waals surface area contributed by atoms with E-state index in [1.807, 2.05) is 0 Å². The van der Waals surface area contributed by atoms with Crippen LogP contribution >= 0.6 is 15.9 Å². The molecule has 2 rings (SSSR count). The monoisotopic (exact) mass is 347 g/mol. The first-order chi connectivity index (χ1) is 8.92. The van der Waals surface area contributed by atoms with Crippen LogP contribution in [0.3, 0.4) is 0 Å². The number of aromatic nitrogens is 4. The normalized spacial score (nSPS) is 11.3. The number of hydrogen-bond acceptors (Lipinski definition) is 6. The van der Waals surface area contributed by atoms with Gasteiger partial charge in [0.2, 0.25) is 0 Å². The van der Waals surface area contributed by atoms with Crippen LogP contribution in [0.5, 0.6) is 5.75 Å². The molecular weight excluding hydrogens is 338 g/mol. The summed E-state index contributed by atoms with van der Waals surface area (Å²) in [5.74, 6) is 0.450. The number of rotatable bonds is 4. The highest BCUT2D eigenvalue weighted by molar-refractivity contribution is 9.10. The van der Waals surface area contributed by atoms with Gasteiger partial charge in [0.1, 0.15) is 5.75 Å². The number of sulfonamides is 1. The number of hydrogen-bond donors (Lipinski definition) is 1. The van der Waals surface area contributed by atoms with E-state index in [2.05, 4.69) is 36.1 Å². The van der Waals surface area contributed by atoms with Crippen LogP contribution in [-0.2, 0) is 17.1 Å². The molecule has 0 radical (unpaired) electrons. The summed E-state index contributed by atoms with van der Waals surface area (Å²) in [4.78, 5) is 1.22. The lowest BCUT2D eigenvalue weighted by Gasteiger charge is -2.07. The van der Waals surface area contributed by atoms with Crippen LogP contribution in [0.2, 0.25) is 0 Å². The van der Waals surface area contributed by atoms with Gasteiger partial charge < -0.3 is 4.74 Å². The van der Waals surface area contributed by atoms with E-state index in [4.69, 9.17) is 4.74 Å². The number of anilines is 1. The van der Waals surface area contributed by atoms with Gasteiger partial charge in [0.15, 0.2) is 0 Å². The fourth-order valence-corrected chi connectivity index (χ4v) is 2.97. The Kier molecular flexibility index (Phi) is 3.71. The fraction of sp³-hybridized carbons (Fsp3) is 0.222. The quantitative estimate of drug-likeness (QED) is 0.877. The fourth-order valence-electron chi connectivity index (χ4n) is 1.32. The van der Waals surface area contributed by atoms with E-state index in [1.54, 1.807) is 6.07 Å². The zero-order valence-electron chi connectivity index (χ0n) is 10.0. The van der Waals surface area contributed by atoms with Crippen LogP contribution in [0.4, 0.5) is 5.95 Å². The predicted octanol–water partition coefficient (Wildman–Crippen LogP) is 0.782. The van der Waals surface area contributed by atoms with E-state index >= 15 is 0 Å². The van der Waals surface area contributed by atoms with Crippen LogP contribution in [-0.4, -0.2) is 35.7 Å². The van der Waals surface area contributed by atoms with E-state index in [9.17, 15) is 8.42 Å². The van der Waals surface area contributed by atoms with Crippen molar-refractivity contribution in [2.75, 3.05) is 11.8 Å². The average Bonchev–Trinajstić information content (AvgIpc) is 2.73. The third-order valence-corrected chi connectivity index (χ3v) is 4.11. The molecule has 19 heavy (non-hydrogen) atoms. The van der Waals surface area contributed by atoms with Crippen LogP contribution in [0.1, 0.15) is 0 Å². The van der Waals surface area contributed by atoms with E-state index in [0.717, 1.165) is 4.80 Å². The molecular formula is C9H10BrN5O3S. The van der Waals surface area contributed by atoms with Crippen molar-refractivity contribution in [3.05, 3.63) is 22.7 Å². The van der Waals surface area contributed by atoms with Crippen LogP contribution in [0.25, 0.3) is 0 Å². The molecule has 1 aromatic heterocycles. The minimum absolute atomic E-state index is 0.0626. The maximum atomic E-state index is 12.1. The Balaban J connectivity index is 2.31. The summed E-state index contributed by atoms with van der Waals surface area (Å²) >= 11 is 3.22. The Labute approximate surface area is 117 Å². The Morgan fingerprint density at radius 1 is 1.42 bits per heavy atom. The van der Waals surface area contributed by atoms with Crippen molar-refractivity contribution in [1.29, 1.82) is 0 Å². The Morgan fingerprint density at radius 2 is 2.16 bits per heavy atom. The minimum atomic E-state index is -3.76. The summed E-state index contributed by atoms with van der Waals surface area (Å²) in [5, 5.41) is 10.8. The molecule has 0 atom stereocenters. The third kappa shape index (κ3) is 3.01. The summed E-state index contributed by atoms with van der Waals surface area (Å²) in [6.07, 6.45) is 0. The second-order valence-corrected chi connectivity index (χ2v) is 6.04. The molecule has 0 aliphatic carbocycles. The Morgan fingerprint density at radius 3 is 2.68 bits per heavy atom. The van der Waals surface area contributed by atoms with Crippen LogP contribution < -0.4 is 9.46 Å². The van der Waals surface area contributed by atoms with Crippen molar-refractivity contribution in [3.63, 3.8) is 0 Å². The summed E-state index contributed by atoms with van der Waals surface area (Å²) < 4.78 is 31.9. The number of halogens is 1. The second kappa shape index (κ2) is 5.13. The number of ether oxygens (including phenoxy) is 1. The van der Waals surface area contributed by atoms with Crippen LogP contribution in [0, 0.1) is 0 Å². The Bertz CT molecular complexity index is 700. The summed E-state index contributed by atoms with van der Waals surface area (Å²) in [7, 11) is -0.729. The average molecular weight is 348 g/mol. The largest absolute Gasteiger partial charge is 0.496 e. The number of benzene rings is 1. The lowest BCUT2D eigenvalue weighted by atomic mass is 10.3. The van der Waals surface area contributed by atoms with Gasteiger partial charge in [-0.25, -0.2) is 13.1 Å². The molecule has 1 heterocycles. The van der Waals surface area contributed by atoms with Gasteiger partial charge in [-0.1, -0.05) is 5.10 Å². The standard InChI is InChI=1S/C9H10BrN5O3S/c1-15-12-9(11-14-15)13-19(16,17)6-3-4-8(18-2)7(10)5-6/h3-5H,1-2H3,(H,12,13). The molecule has 1 N–H and O–H groups in total. The first kappa shape index (κ1) is 13.7. The van der Waals surface area contributed by atoms with Gasteiger partial charge in [0, 0.05) is 0 Å². The van der Waals surface area contributed by atoms with Crippen LogP contribution in [0.15, 0.2) is 27.6 Å². The van der Waals surface area contributed by atoms with E-state index < -0.39 is 10.0 Å². The molecule has 0 spiro atoms. The maximum absolute atomic E-state index is 12.1. The van der Waals surface area contributed by atoms with Gasteiger partial charge in [-0.2, -0.15) is 4.80 Å². The number of nitrogens with zero attached hydrogens (tertiary/aromatic N) is 4. The lowest BCUT2D eigenvalue weighted by Crippen LogP contribution is -2.14. The first-order valence-electron chi connectivity index (χ1n) is 5.03. The summed E-state index contributed by atoms with van der Waals surface area (Å²) in [5.41, 5.74) is 0. The van der Waals surface area contributed by atoms with Crippen molar-refractivity contribution in [2.24, 2.45) is 7.05 Å². The van der Waals surface area contributed by atoms with Crippen molar-refractivity contribution < 1.29 is 13.2 Å². The molecule has 0 aliphatic rings. The molecule has 0 bridgehead atoms. The molecule has 0 saturated carbocycles. The molecule has 102 valence electrons. The molecule has 0 unspecified atom stereocenters. The van der Waals surface area contributed by atoms with Crippen molar-refractivity contribution >= 4 is 31.9 Å². The molecule has 2 aromatic rings. The van der Waals surface area contributed by atoms with Crippen molar-refractivity contribution in [2.45, 2.75) is 4.90 Å². The lowest BCUT2D eigenvalue weighted by molar-refractivity contribution is 0.411. The van der Waals surface area contributed by atoms with Crippen molar-refractivity contribution in [3.8, 4) is 5.75 Å². The number of aryl methyl sites for hydroxylation is 1. The third-order valence-electron chi connectivity index (χ3n) is 2.17. The second-order valence-electron chi connectivity index (χ2n) is 3.50. The zero-order chi connectivity index (χ0) is 14.0. The number of nitrogens with one attached hydrogen (secondary N) is 1. The SMILES string of the molecule is COc1ccc(S(=O)(=O)Nc2nnn(C)n2)cc1Br. The highest BCUT2D eigenvalue weighted by Crippen LogP contribution is 2.27. The molecule has 0 saturated heterocycles. The topological polar surface area (TPSA) is 99.0 Å². The van der Waals surface area contributed by atoms with E-state index in [1.165, 1.54) is 26.3 Å². The van der Waals surface area contributed by atoms with Gasteiger partial charge in [-0.15, -0.1) is 5.10 Å². The molecule has 0 amide bonds. The van der Waals surface area contributed by atoms with E-state index in [0.29, 0.717) is 10.2 Å².